The van der Waals surface area contributed by atoms with Gasteiger partial charge in [-0.3, -0.25) is 14.6 Å². The fourth-order valence-corrected chi connectivity index (χ4v) is 3.58. The molecule has 1 aromatic heterocycles. The lowest BCUT2D eigenvalue weighted by atomic mass is 9.94. The van der Waals surface area contributed by atoms with Crippen LogP contribution in [0.4, 0.5) is 0 Å². The summed E-state index contributed by atoms with van der Waals surface area (Å²) in [5, 5.41) is 11.1. The van der Waals surface area contributed by atoms with Crippen LogP contribution >= 0.6 is 0 Å². The number of likely N-dealkylation sites (tertiary alicyclic amines) is 1. The molecule has 0 spiro atoms. The molecule has 1 aliphatic heterocycles. The molecule has 1 fully saturated rings. The molecule has 2 aromatic rings. The SMILES string of the molecule is COCCN1C(=O)C(=O)C(=C(O)c2ccc(OC(C)C)cc2C)[C@@H]1c1cccnc1. The molecule has 0 saturated carbocycles. The Hall–Kier alpha value is -3.19. The number of aliphatic hydroxyl groups is 1. The van der Waals surface area contributed by atoms with Crippen molar-refractivity contribution in [3.63, 3.8) is 0 Å². The van der Waals surface area contributed by atoms with E-state index in [1.807, 2.05) is 20.8 Å². The number of nitrogens with zero attached hydrogens (tertiary/aromatic N) is 2. The minimum Gasteiger partial charge on any atom is -0.507 e. The number of amides is 1. The van der Waals surface area contributed by atoms with E-state index in [2.05, 4.69) is 4.98 Å². The number of carbonyl (C=O) groups excluding carboxylic acids is 2. The van der Waals surface area contributed by atoms with E-state index in [1.54, 1.807) is 42.7 Å². The maximum absolute atomic E-state index is 12.9. The fourth-order valence-electron chi connectivity index (χ4n) is 3.58. The van der Waals surface area contributed by atoms with E-state index in [0.29, 0.717) is 16.9 Å². The van der Waals surface area contributed by atoms with Crippen LogP contribution in [0.1, 0.15) is 36.6 Å². The first-order chi connectivity index (χ1) is 14.3. The van der Waals surface area contributed by atoms with Crippen LogP contribution in [0, 0.1) is 6.92 Å². The number of methoxy groups -OCH3 is 1. The van der Waals surface area contributed by atoms with Crippen molar-refractivity contribution in [3.8, 4) is 5.75 Å². The van der Waals surface area contributed by atoms with Crippen LogP contribution in [0.5, 0.6) is 5.75 Å². The van der Waals surface area contributed by atoms with Crippen molar-refractivity contribution in [1.29, 1.82) is 0 Å². The minimum atomic E-state index is -0.736. The number of carbonyl (C=O) groups is 2. The Morgan fingerprint density at radius 1 is 1.27 bits per heavy atom. The smallest absolute Gasteiger partial charge is 0.295 e. The molecule has 0 radical (unpaired) electrons. The zero-order chi connectivity index (χ0) is 21.8. The summed E-state index contributed by atoms with van der Waals surface area (Å²) < 4.78 is 10.8. The van der Waals surface area contributed by atoms with Gasteiger partial charge in [0.2, 0.25) is 0 Å². The number of ketones is 1. The number of hydrogen-bond donors (Lipinski definition) is 1. The van der Waals surface area contributed by atoms with Crippen molar-refractivity contribution in [2.75, 3.05) is 20.3 Å². The highest BCUT2D eigenvalue weighted by molar-refractivity contribution is 6.46. The van der Waals surface area contributed by atoms with Gasteiger partial charge in [0.25, 0.3) is 11.7 Å². The van der Waals surface area contributed by atoms with Crippen molar-refractivity contribution < 1.29 is 24.2 Å². The molecule has 0 unspecified atom stereocenters. The van der Waals surface area contributed by atoms with Gasteiger partial charge in [0.15, 0.2) is 0 Å². The number of ether oxygens (including phenoxy) is 2. The molecular weight excluding hydrogens is 384 g/mol. The summed E-state index contributed by atoms with van der Waals surface area (Å²) >= 11 is 0. The summed E-state index contributed by atoms with van der Waals surface area (Å²) in [5.74, 6) is -0.932. The van der Waals surface area contributed by atoms with E-state index in [4.69, 9.17) is 9.47 Å². The first-order valence-electron chi connectivity index (χ1n) is 9.80. The summed E-state index contributed by atoms with van der Waals surface area (Å²) in [7, 11) is 1.53. The molecule has 1 aliphatic rings. The van der Waals surface area contributed by atoms with E-state index >= 15 is 0 Å². The second-order valence-corrected chi connectivity index (χ2v) is 7.41. The van der Waals surface area contributed by atoms with E-state index < -0.39 is 17.7 Å². The Morgan fingerprint density at radius 2 is 2.03 bits per heavy atom. The van der Waals surface area contributed by atoms with Crippen LogP contribution in [0.15, 0.2) is 48.3 Å². The van der Waals surface area contributed by atoms with E-state index in [0.717, 1.165) is 5.56 Å². The van der Waals surface area contributed by atoms with Crippen LogP contribution in [0.3, 0.4) is 0 Å². The Morgan fingerprint density at radius 3 is 2.63 bits per heavy atom. The number of benzene rings is 1. The van der Waals surface area contributed by atoms with Crippen molar-refractivity contribution in [2.24, 2.45) is 0 Å². The van der Waals surface area contributed by atoms with Gasteiger partial charge in [-0.1, -0.05) is 6.07 Å². The molecule has 7 heteroatoms. The molecule has 1 atom stereocenters. The van der Waals surface area contributed by atoms with E-state index in [9.17, 15) is 14.7 Å². The molecule has 1 saturated heterocycles. The average Bonchev–Trinajstić information content (AvgIpc) is 2.96. The largest absolute Gasteiger partial charge is 0.507 e. The molecule has 7 nitrogen and oxygen atoms in total. The van der Waals surface area contributed by atoms with Gasteiger partial charge in [-0.15, -0.1) is 0 Å². The molecule has 2 heterocycles. The quantitative estimate of drug-likeness (QED) is 0.428. The van der Waals surface area contributed by atoms with Gasteiger partial charge in [0.05, 0.1) is 24.3 Å². The van der Waals surface area contributed by atoms with Gasteiger partial charge in [-0.05, 0) is 56.2 Å². The molecule has 1 aromatic carbocycles. The van der Waals surface area contributed by atoms with Crippen LogP contribution in [0.2, 0.25) is 0 Å². The van der Waals surface area contributed by atoms with Crippen LogP contribution in [-0.4, -0.2) is 53.0 Å². The maximum Gasteiger partial charge on any atom is 0.295 e. The van der Waals surface area contributed by atoms with Crippen molar-refractivity contribution in [2.45, 2.75) is 32.9 Å². The predicted molar refractivity (Wildman–Crippen MR) is 112 cm³/mol. The highest BCUT2D eigenvalue weighted by atomic mass is 16.5. The Labute approximate surface area is 175 Å². The van der Waals surface area contributed by atoms with Crippen LogP contribution in [0.25, 0.3) is 5.76 Å². The number of Topliss-reactive ketones (excluding diaryl/α,β-unsaturated/α-hetero) is 1. The zero-order valence-corrected chi connectivity index (χ0v) is 17.6. The maximum atomic E-state index is 12.9. The third kappa shape index (κ3) is 4.21. The molecule has 0 bridgehead atoms. The molecule has 158 valence electrons. The highest BCUT2D eigenvalue weighted by Crippen LogP contribution is 2.39. The van der Waals surface area contributed by atoms with Gasteiger partial charge in [-0.2, -0.15) is 0 Å². The normalized spacial score (nSPS) is 18.3. The van der Waals surface area contributed by atoms with Crippen molar-refractivity contribution in [1.82, 2.24) is 9.88 Å². The molecule has 1 N–H and O–H groups in total. The Kier molecular flexibility index (Phi) is 6.52. The lowest BCUT2D eigenvalue weighted by Crippen LogP contribution is -2.32. The number of aliphatic hydroxyl groups excluding tert-OH is 1. The second kappa shape index (κ2) is 9.09. The number of aromatic nitrogens is 1. The minimum absolute atomic E-state index is 0.0144. The summed E-state index contributed by atoms with van der Waals surface area (Å²) in [6.45, 7) is 6.17. The van der Waals surface area contributed by atoms with Gasteiger partial charge in [0, 0.05) is 31.6 Å². The average molecular weight is 410 g/mol. The first-order valence-corrected chi connectivity index (χ1v) is 9.80. The third-order valence-electron chi connectivity index (χ3n) is 4.90. The monoisotopic (exact) mass is 410 g/mol. The number of hydrogen-bond acceptors (Lipinski definition) is 6. The summed E-state index contributed by atoms with van der Waals surface area (Å²) in [5.41, 5.74) is 1.90. The van der Waals surface area contributed by atoms with Crippen molar-refractivity contribution >= 4 is 17.4 Å². The third-order valence-corrected chi connectivity index (χ3v) is 4.90. The fraction of sp³-hybridized carbons (Fsp3) is 0.348. The molecule has 0 aliphatic carbocycles. The Balaban J connectivity index is 2.11. The molecular formula is C23H26N2O5. The highest BCUT2D eigenvalue weighted by Gasteiger charge is 2.46. The lowest BCUT2D eigenvalue weighted by molar-refractivity contribution is -0.140. The molecule has 3 rings (SSSR count). The summed E-state index contributed by atoms with van der Waals surface area (Å²) in [6.07, 6.45) is 3.22. The Bertz CT molecular complexity index is 969. The summed E-state index contributed by atoms with van der Waals surface area (Å²) in [4.78, 5) is 31.2. The van der Waals surface area contributed by atoms with Crippen LogP contribution in [-0.2, 0) is 14.3 Å². The molecule has 30 heavy (non-hydrogen) atoms. The zero-order valence-electron chi connectivity index (χ0n) is 17.6. The lowest BCUT2D eigenvalue weighted by Gasteiger charge is -2.24. The van der Waals surface area contributed by atoms with E-state index in [1.165, 1.54) is 12.0 Å². The number of pyridine rings is 1. The first kappa shape index (κ1) is 21.5. The van der Waals surface area contributed by atoms with Gasteiger partial charge < -0.3 is 19.5 Å². The molecule has 1 amide bonds. The van der Waals surface area contributed by atoms with E-state index in [-0.39, 0.29) is 30.6 Å². The second-order valence-electron chi connectivity index (χ2n) is 7.41. The number of aryl methyl sites for hydroxylation is 1. The van der Waals surface area contributed by atoms with Crippen LogP contribution < -0.4 is 4.74 Å². The number of rotatable bonds is 7. The summed E-state index contributed by atoms with van der Waals surface area (Å²) in [6, 6.07) is 8.01. The van der Waals surface area contributed by atoms with Gasteiger partial charge in [-0.25, -0.2) is 0 Å². The van der Waals surface area contributed by atoms with Gasteiger partial charge >= 0.3 is 0 Å². The predicted octanol–water partition coefficient (Wildman–Crippen LogP) is 3.25. The van der Waals surface area contributed by atoms with Crippen molar-refractivity contribution in [3.05, 3.63) is 65.0 Å². The standard InChI is InChI=1S/C23H26N2O5/c1-14(2)30-17-7-8-18(15(3)12-17)21(26)19-20(16-6-5-9-24-13-16)25(10-11-29-4)23(28)22(19)27/h5-9,12-14,20,26H,10-11H2,1-4H3/t20-/m0/s1. The van der Waals surface area contributed by atoms with Gasteiger partial charge in [0.1, 0.15) is 11.5 Å². The topological polar surface area (TPSA) is 89.0 Å².